The zero-order chi connectivity index (χ0) is 24.2. The monoisotopic (exact) mass is 460 g/mol. The van der Waals surface area contributed by atoms with Gasteiger partial charge in [-0.25, -0.2) is 4.98 Å². The van der Waals surface area contributed by atoms with Crippen molar-refractivity contribution in [2.75, 3.05) is 0 Å². The quantitative estimate of drug-likeness (QED) is 0.259. The van der Waals surface area contributed by atoms with E-state index in [-0.39, 0.29) is 5.56 Å². The van der Waals surface area contributed by atoms with E-state index in [0.717, 1.165) is 29.0 Å². The number of hydrogen-bond acceptors (Lipinski definition) is 3. The number of benzene rings is 4. The molecule has 0 saturated carbocycles. The van der Waals surface area contributed by atoms with Gasteiger partial charge < -0.3 is 4.74 Å². The van der Waals surface area contributed by atoms with Gasteiger partial charge in [-0.1, -0.05) is 80.6 Å². The number of para-hydroxylation sites is 1. The van der Waals surface area contributed by atoms with E-state index in [4.69, 9.17) is 9.72 Å². The lowest BCUT2D eigenvalue weighted by atomic mass is 9.98. The number of nitrogens with zero attached hydrogens (tertiary/aromatic N) is 2. The Bertz CT molecular complexity index is 1510. The van der Waals surface area contributed by atoms with Crippen LogP contribution in [0.3, 0.4) is 0 Å². The van der Waals surface area contributed by atoms with Crippen LogP contribution in [0, 0.1) is 0 Å². The Hall–Kier alpha value is -4.18. The van der Waals surface area contributed by atoms with E-state index in [2.05, 4.69) is 26.0 Å². The van der Waals surface area contributed by atoms with Gasteiger partial charge in [0.25, 0.3) is 5.56 Å². The Labute approximate surface area is 205 Å². The van der Waals surface area contributed by atoms with Crippen molar-refractivity contribution in [2.45, 2.75) is 32.8 Å². The number of fused-ring (bicyclic) bond motifs is 1. The Morgan fingerprint density at radius 1 is 0.857 bits per heavy atom. The van der Waals surface area contributed by atoms with Crippen molar-refractivity contribution in [3.05, 3.63) is 125 Å². The van der Waals surface area contributed by atoms with Crippen molar-refractivity contribution in [3.8, 4) is 22.8 Å². The zero-order valence-corrected chi connectivity index (χ0v) is 20.0. The molecule has 1 aromatic heterocycles. The summed E-state index contributed by atoms with van der Waals surface area (Å²) in [5.74, 6) is 1.79. The lowest BCUT2D eigenvalue weighted by Gasteiger charge is -2.16. The fourth-order valence-corrected chi connectivity index (χ4v) is 4.22. The van der Waals surface area contributed by atoms with Crippen LogP contribution >= 0.6 is 0 Å². The summed E-state index contributed by atoms with van der Waals surface area (Å²) in [5, 5.41) is 0.596. The fourth-order valence-electron chi connectivity index (χ4n) is 4.22. The second kappa shape index (κ2) is 9.98. The molecule has 1 atom stereocenters. The standard InChI is InChI=1S/C31H28N2O2/c1-3-22(2)24-16-18-26(19-17-24)33-30(32-29-15-8-7-14-28(29)31(33)34)25-12-9-13-27(20-25)35-21-23-10-5-4-6-11-23/h4-20,22H,3,21H2,1-2H3/t22-/m1/s1. The minimum absolute atomic E-state index is 0.0857. The third kappa shape index (κ3) is 4.73. The SMILES string of the molecule is CC[C@@H](C)c1ccc(-n2c(-c3cccc(OCc4ccccc4)c3)nc3ccccc3c2=O)cc1. The van der Waals surface area contributed by atoms with Gasteiger partial charge in [0.15, 0.2) is 0 Å². The van der Waals surface area contributed by atoms with Gasteiger partial charge in [0.1, 0.15) is 18.2 Å². The smallest absolute Gasteiger partial charge is 0.266 e. The molecule has 0 fully saturated rings. The van der Waals surface area contributed by atoms with Crippen LogP contribution < -0.4 is 10.3 Å². The summed E-state index contributed by atoms with van der Waals surface area (Å²) >= 11 is 0. The van der Waals surface area contributed by atoms with Gasteiger partial charge >= 0.3 is 0 Å². The third-order valence-electron chi connectivity index (χ3n) is 6.45. The van der Waals surface area contributed by atoms with Crippen LogP contribution in [0.25, 0.3) is 28.0 Å². The minimum Gasteiger partial charge on any atom is -0.489 e. The van der Waals surface area contributed by atoms with E-state index in [1.807, 2.05) is 91.0 Å². The van der Waals surface area contributed by atoms with E-state index in [1.54, 1.807) is 4.57 Å². The number of ether oxygens (including phenoxy) is 1. The van der Waals surface area contributed by atoms with Gasteiger partial charge in [-0.05, 0) is 59.9 Å². The van der Waals surface area contributed by atoms with Gasteiger partial charge in [-0.15, -0.1) is 0 Å². The Morgan fingerprint density at radius 2 is 1.60 bits per heavy atom. The average molecular weight is 461 g/mol. The fraction of sp³-hybridized carbons (Fsp3) is 0.161. The summed E-state index contributed by atoms with van der Waals surface area (Å²) in [7, 11) is 0. The molecule has 0 aliphatic heterocycles. The molecule has 0 amide bonds. The molecule has 0 aliphatic rings. The second-order valence-corrected chi connectivity index (χ2v) is 8.80. The van der Waals surface area contributed by atoms with Crippen molar-refractivity contribution in [1.29, 1.82) is 0 Å². The molecular weight excluding hydrogens is 432 g/mol. The highest BCUT2D eigenvalue weighted by Gasteiger charge is 2.15. The highest BCUT2D eigenvalue weighted by atomic mass is 16.5. The van der Waals surface area contributed by atoms with Gasteiger partial charge in [-0.3, -0.25) is 9.36 Å². The molecule has 5 rings (SSSR count). The number of aromatic nitrogens is 2. The van der Waals surface area contributed by atoms with Crippen LogP contribution in [-0.2, 0) is 6.61 Å². The molecule has 35 heavy (non-hydrogen) atoms. The van der Waals surface area contributed by atoms with Crippen molar-refractivity contribution in [2.24, 2.45) is 0 Å². The number of rotatable bonds is 7. The zero-order valence-electron chi connectivity index (χ0n) is 20.0. The molecule has 4 aromatic carbocycles. The normalized spacial score (nSPS) is 11.9. The highest BCUT2D eigenvalue weighted by Crippen LogP contribution is 2.27. The molecule has 4 heteroatoms. The van der Waals surface area contributed by atoms with Crippen LogP contribution in [0.1, 0.15) is 37.3 Å². The topological polar surface area (TPSA) is 44.1 Å². The van der Waals surface area contributed by atoms with Crippen molar-refractivity contribution in [3.63, 3.8) is 0 Å². The first-order valence-electron chi connectivity index (χ1n) is 12.0. The first kappa shape index (κ1) is 22.6. The van der Waals surface area contributed by atoms with Crippen LogP contribution in [-0.4, -0.2) is 9.55 Å². The summed E-state index contributed by atoms with van der Waals surface area (Å²) in [6.45, 7) is 4.87. The predicted molar refractivity (Wildman–Crippen MR) is 142 cm³/mol. The van der Waals surface area contributed by atoms with Crippen LogP contribution in [0.15, 0.2) is 108 Å². The van der Waals surface area contributed by atoms with Crippen LogP contribution in [0.4, 0.5) is 0 Å². The highest BCUT2D eigenvalue weighted by molar-refractivity contribution is 5.80. The Balaban J connectivity index is 1.60. The molecule has 0 aliphatic carbocycles. The third-order valence-corrected chi connectivity index (χ3v) is 6.45. The maximum atomic E-state index is 13.7. The van der Waals surface area contributed by atoms with Crippen LogP contribution in [0.2, 0.25) is 0 Å². The minimum atomic E-state index is -0.0857. The van der Waals surface area contributed by atoms with Crippen molar-refractivity contribution >= 4 is 10.9 Å². The van der Waals surface area contributed by atoms with Crippen molar-refractivity contribution in [1.82, 2.24) is 9.55 Å². The predicted octanol–water partition coefficient (Wildman–Crippen LogP) is 7.15. The largest absolute Gasteiger partial charge is 0.489 e. The number of hydrogen-bond donors (Lipinski definition) is 0. The molecule has 0 N–H and O–H groups in total. The summed E-state index contributed by atoms with van der Waals surface area (Å²) in [6, 6.07) is 33.6. The van der Waals surface area contributed by atoms with Gasteiger partial charge in [-0.2, -0.15) is 0 Å². The van der Waals surface area contributed by atoms with E-state index >= 15 is 0 Å². The maximum Gasteiger partial charge on any atom is 0.266 e. The van der Waals surface area contributed by atoms with Crippen molar-refractivity contribution < 1.29 is 4.74 Å². The first-order valence-corrected chi connectivity index (χ1v) is 12.0. The lowest BCUT2D eigenvalue weighted by molar-refractivity contribution is 0.306. The molecule has 174 valence electrons. The lowest BCUT2D eigenvalue weighted by Crippen LogP contribution is -2.22. The van der Waals surface area contributed by atoms with Gasteiger partial charge in [0.05, 0.1) is 16.6 Å². The Morgan fingerprint density at radius 3 is 2.37 bits per heavy atom. The molecule has 1 heterocycles. The summed E-state index contributed by atoms with van der Waals surface area (Å²) in [6.07, 6.45) is 1.07. The Kier molecular flexibility index (Phi) is 6.44. The summed E-state index contributed by atoms with van der Waals surface area (Å²) in [5.41, 5.74) is 4.57. The first-order chi connectivity index (χ1) is 17.1. The van der Waals surface area contributed by atoms with E-state index < -0.39 is 0 Å². The molecule has 0 unspecified atom stereocenters. The maximum absolute atomic E-state index is 13.7. The average Bonchev–Trinajstić information content (AvgIpc) is 2.92. The molecule has 5 aromatic rings. The van der Waals surface area contributed by atoms with Gasteiger partial charge in [0, 0.05) is 5.56 Å². The van der Waals surface area contributed by atoms with Crippen LogP contribution in [0.5, 0.6) is 5.75 Å². The summed E-state index contributed by atoms with van der Waals surface area (Å²) < 4.78 is 7.76. The molecule has 0 saturated heterocycles. The molecule has 4 nitrogen and oxygen atoms in total. The van der Waals surface area contributed by atoms with Gasteiger partial charge in [0.2, 0.25) is 0 Å². The second-order valence-electron chi connectivity index (χ2n) is 8.80. The molecule has 0 spiro atoms. The van der Waals surface area contributed by atoms with E-state index in [1.165, 1.54) is 5.56 Å². The molecule has 0 bridgehead atoms. The summed E-state index contributed by atoms with van der Waals surface area (Å²) in [4.78, 5) is 18.6. The van der Waals surface area contributed by atoms with E-state index in [0.29, 0.717) is 29.3 Å². The van der Waals surface area contributed by atoms with E-state index in [9.17, 15) is 4.79 Å². The molecule has 0 radical (unpaired) electrons. The molecular formula is C31H28N2O2.